The Kier molecular flexibility index (Phi) is 4.13. The average Bonchev–Trinajstić information content (AvgIpc) is 2.36. The number of H-pyrrole nitrogens is 1. The van der Waals surface area contributed by atoms with E-state index in [4.69, 9.17) is 11.6 Å². The first-order valence-electron chi connectivity index (χ1n) is 6.42. The Bertz CT molecular complexity index is 823. The van der Waals surface area contributed by atoms with Gasteiger partial charge in [0.15, 0.2) is 0 Å². The summed E-state index contributed by atoms with van der Waals surface area (Å²) in [5, 5.41) is 10.8. The van der Waals surface area contributed by atoms with E-state index >= 15 is 0 Å². The highest BCUT2D eigenvalue weighted by molar-refractivity contribution is 6.33. The summed E-state index contributed by atoms with van der Waals surface area (Å²) < 4.78 is 1.06. The Labute approximate surface area is 124 Å². The molecule has 0 bridgehead atoms. The van der Waals surface area contributed by atoms with Crippen LogP contribution in [0.2, 0.25) is 5.02 Å². The van der Waals surface area contributed by atoms with E-state index in [0.29, 0.717) is 12.3 Å². The van der Waals surface area contributed by atoms with Crippen LogP contribution in [0.1, 0.15) is 20.3 Å². The minimum absolute atomic E-state index is 0.0782. The molecule has 0 unspecified atom stereocenters. The van der Waals surface area contributed by atoms with Gasteiger partial charge in [-0.2, -0.15) is 0 Å². The molecule has 0 atom stereocenters. The molecule has 8 heteroatoms. The molecule has 0 aliphatic carbocycles. The number of aromatic nitrogens is 2. The zero-order valence-corrected chi connectivity index (χ0v) is 12.3. The highest BCUT2D eigenvalue weighted by Gasteiger charge is 2.17. The van der Waals surface area contributed by atoms with Crippen LogP contribution in [0, 0.1) is 16.0 Å². The smallest absolute Gasteiger partial charge is 0.307 e. The largest absolute Gasteiger partial charge is 0.328 e. The number of nitro benzene ring substituents is 1. The minimum atomic E-state index is -0.662. The van der Waals surface area contributed by atoms with Crippen molar-refractivity contribution in [3.05, 3.63) is 48.1 Å². The van der Waals surface area contributed by atoms with Gasteiger partial charge in [0.2, 0.25) is 0 Å². The van der Waals surface area contributed by atoms with Gasteiger partial charge in [-0.15, -0.1) is 0 Å². The van der Waals surface area contributed by atoms with E-state index in [2.05, 4.69) is 4.98 Å². The first-order chi connectivity index (χ1) is 9.81. The Balaban J connectivity index is 2.69. The molecule has 0 radical (unpaired) electrons. The summed E-state index contributed by atoms with van der Waals surface area (Å²) in [6.07, 6.45) is 0.657. The quantitative estimate of drug-likeness (QED) is 0.692. The molecule has 0 amide bonds. The van der Waals surface area contributed by atoms with Gasteiger partial charge in [-0.25, -0.2) is 4.79 Å². The third-order valence-electron chi connectivity index (χ3n) is 3.18. The monoisotopic (exact) mass is 311 g/mol. The lowest BCUT2D eigenvalue weighted by Gasteiger charge is -2.08. The van der Waals surface area contributed by atoms with Gasteiger partial charge < -0.3 is 4.98 Å². The summed E-state index contributed by atoms with van der Waals surface area (Å²) in [6, 6.07) is 2.33. The highest BCUT2D eigenvalue weighted by atomic mass is 35.5. The van der Waals surface area contributed by atoms with E-state index in [1.165, 1.54) is 6.07 Å². The lowest BCUT2D eigenvalue weighted by molar-refractivity contribution is -0.384. The van der Waals surface area contributed by atoms with Crippen molar-refractivity contribution in [2.75, 3.05) is 0 Å². The van der Waals surface area contributed by atoms with E-state index in [1.54, 1.807) is 0 Å². The third kappa shape index (κ3) is 2.97. The maximum Gasteiger partial charge on any atom is 0.328 e. The van der Waals surface area contributed by atoms with Gasteiger partial charge in [0.1, 0.15) is 5.02 Å². The van der Waals surface area contributed by atoms with Crippen LogP contribution in [0.3, 0.4) is 0 Å². The van der Waals surface area contributed by atoms with Crippen molar-refractivity contribution in [1.82, 2.24) is 9.55 Å². The first-order valence-corrected chi connectivity index (χ1v) is 6.80. The normalized spacial score (nSPS) is 11.2. The molecule has 2 rings (SSSR count). The van der Waals surface area contributed by atoms with Crippen molar-refractivity contribution >= 4 is 28.2 Å². The number of benzene rings is 1. The number of nitro groups is 1. The fourth-order valence-corrected chi connectivity index (χ4v) is 2.23. The maximum absolute atomic E-state index is 12.3. The van der Waals surface area contributed by atoms with Crippen molar-refractivity contribution in [3.8, 4) is 0 Å². The summed E-state index contributed by atoms with van der Waals surface area (Å²) >= 11 is 5.77. The zero-order valence-electron chi connectivity index (χ0n) is 11.6. The summed E-state index contributed by atoms with van der Waals surface area (Å²) in [7, 11) is 0. The Morgan fingerprint density at radius 2 is 2.05 bits per heavy atom. The van der Waals surface area contributed by atoms with Crippen molar-refractivity contribution in [2.24, 2.45) is 5.92 Å². The number of fused-ring (bicyclic) bond motifs is 1. The molecule has 1 N–H and O–H groups in total. The molecule has 1 heterocycles. The average molecular weight is 312 g/mol. The Hall–Kier alpha value is -2.15. The van der Waals surface area contributed by atoms with Gasteiger partial charge in [0.25, 0.3) is 11.2 Å². The molecule has 0 saturated heterocycles. The molecule has 2 aromatic rings. The van der Waals surface area contributed by atoms with Gasteiger partial charge in [-0.05, 0) is 18.4 Å². The third-order valence-corrected chi connectivity index (χ3v) is 3.48. The highest BCUT2D eigenvalue weighted by Crippen LogP contribution is 2.27. The Morgan fingerprint density at radius 1 is 1.38 bits per heavy atom. The fourth-order valence-electron chi connectivity index (χ4n) is 1.99. The molecule has 7 nitrogen and oxygen atoms in total. The Morgan fingerprint density at radius 3 is 2.62 bits per heavy atom. The topological polar surface area (TPSA) is 98.0 Å². The summed E-state index contributed by atoms with van der Waals surface area (Å²) in [4.78, 5) is 37.0. The van der Waals surface area contributed by atoms with Crippen LogP contribution < -0.4 is 11.2 Å². The lowest BCUT2D eigenvalue weighted by atomic mass is 10.1. The van der Waals surface area contributed by atoms with Crippen molar-refractivity contribution in [1.29, 1.82) is 0 Å². The molecule has 0 aliphatic heterocycles. The number of hydrogen-bond donors (Lipinski definition) is 1. The van der Waals surface area contributed by atoms with E-state index in [9.17, 15) is 19.7 Å². The van der Waals surface area contributed by atoms with Crippen LogP contribution in [0.25, 0.3) is 10.9 Å². The maximum atomic E-state index is 12.3. The molecular formula is C13H14ClN3O4. The number of hydrogen-bond acceptors (Lipinski definition) is 4. The van der Waals surface area contributed by atoms with Crippen molar-refractivity contribution < 1.29 is 4.92 Å². The van der Waals surface area contributed by atoms with Gasteiger partial charge in [-0.3, -0.25) is 19.5 Å². The van der Waals surface area contributed by atoms with Gasteiger partial charge in [0.05, 0.1) is 15.8 Å². The molecule has 0 fully saturated rings. The van der Waals surface area contributed by atoms with E-state index in [0.717, 1.165) is 10.6 Å². The molecule has 1 aromatic heterocycles. The predicted molar refractivity (Wildman–Crippen MR) is 79.9 cm³/mol. The SMILES string of the molecule is CC(C)CCn1c(=O)[nH]c2cc(Cl)c([N+](=O)[O-])cc2c1=O. The fraction of sp³-hybridized carbons (Fsp3) is 0.385. The zero-order chi connectivity index (χ0) is 15.7. The lowest BCUT2D eigenvalue weighted by Crippen LogP contribution is -2.35. The van der Waals surface area contributed by atoms with E-state index in [-0.39, 0.29) is 28.2 Å². The number of halogens is 1. The number of aromatic amines is 1. The van der Waals surface area contributed by atoms with E-state index in [1.807, 2.05) is 13.8 Å². The minimum Gasteiger partial charge on any atom is -0.307 e. The first kappa shape index (κ1) is 15.2. The molecule has 0 saturated carbocycles. The second-order valence-electron chi connectivity index (χ2n) is 5.18. The molecular weight excluding hydrogens is 298 g/mol. The number of nitrogens with zero attached hydrogens (tertiary/aromatic N) is 2. The van der Waals surface area contributed by atoms with Crippen LogP contribution in [-0.4, -0.2) is 14.5 Å². The molecule has 0 aliphatic rings. The van der Waals surface area contributed by atoms with Crippen LogP contribution in [0.4, 0.5) is 5.69 Å². The van der Waals surface area contributed by atoms with Crippen LogP contribution >= 0.6 is 11.6 Å². The standard InChI is InChI=1S/C13H14ClN3O4/c1-7(2)3-4-16-12(18)8-5-11(17(20)21)9(14)6-10(8)15-13(16)19/h5-7H,3-4H2,1-2H3,(H,15,19). The number of rotatable bonds is 4. The van der Waals surface area contributed by atoms with Crippen molar-refractivity contribution in [3.63, 3.8) is 0 Å². The molecule has 1 aromatic carbocycles. The van der Waals surface area contributed by atoms with Crippen molar-refractivity contribution in [2.45, 2.75) is 26.8 Å². The summed E-state index contributed by atoms with van der Waals surface area (Å²) in [5.41, 5.74) is -1.25. The summed E-state index contributed by atoms with van der Waals surface area (Å²) in [6.45, 7) is 4.22. The van der Waals surface area contributed by atoms with Gasteiger partial charge in [0, 0.05) is 12.6 Å². The van der Waals surface area contributed by atoms with Crippen LogP contribution in [0.15, 0.2) is 21.7 Å². The van der Waals surface area contributed by atoms with Gasteiger partial charge in [-0.1, -0.05) is 25.4 Å². The van der Waals surface area contributed by atoms with Crippen LogP contribution in [-0.2, 0) is 6.54 Å². The second-order valence-corrected chi connectivity index (χ2v) is 5.58. The molecule has 0 spiro atoms. The molecule has 21 heavy (non-hydrogen) atoms. The second kappa shape index (κ2) is 5.69. The van der Waals surface area contributed by atoms with E-state index < -0.39 is 16.2 Å². The van der Waals surface area contributed by atoms with Gasteiger partial charge >= 0.3 is 5.69 Å². The van der Waals surface area contributed by atoms with Crippen LogP contribution in [0.5, 0.6) is 0 Å². The predicted octanol–water partition coefficient (Wildman–Crippen LogP) is 2.30. The number of nitrogens with one attached hydrogen (secondary N) is 1. The molecule has 112 valence electrons. The summed E-state index contributed by atoms with van der Waals surface area (Å²) in [5.74, 6) is 0.326.